The minimum absolute atomic E-state index is 0.0442. The van der Waals surface area contributed by atoms with Gasteiger partial charge in [-0.1, -0.05) is 6.92 Å². The first kappa shape index (κ1) is 15.7. The van der Waals surface area contributed by atoms with E-state index in [4.69, 9.17) is 5.11 Å². The third kappa shape index (κ3) is 2.84. The first-order chi connectivity index (χ1) is 10.0. The van der Waals surface area contributed by atoms with Gasteiger partial charge in [-0.25, -0.2) is 4.98 Å². The second-order valence-corrected chi connectivity index (χ2v) is 5.83. The molecule has 21 heavy (non-hydrogen) atoms. The molecule has 0 atom stereocenters. The highest BCUT2D eigenvalue weighted by Gasteiger charge is 2.23. The van der Waals surface area contributed by atoms with Crippen LogP contribution in [0, 0.1) is 0 Å². The highest BCUT2D eigenvalue weighted by molar-refractivity contribution is 7.15. The lowest BCUT2D eigenvalue weighted by Gasteiger charge is -2.25. The fourth-order valence-electron chi connectivity index (χ4n) is 2.19. The van der Waals surface area contributed by atoms with Crippen molar-refractivity contribution in [3.8, 4) is 0 Å². The summed E-state index contributed by atoms with van der Waals surface area (Å²) in [5, 5.41) is 11.0. The van der Waals surface area contributed by atoms with Crippen molar-refractivity contribution in [1.82, 2.24) is 14.3 Å². The van der Waals surface area contributed by atoms with Gasteiger partial charge in [0.15, 0.2) is 4.96 Å². The number of aryl methyl sites for hydroxylation is 1. The van der Waals surface area contributed by atoms with Crippen LogP contribution in [0.3, 0.4) is 0 Å². The SMILES string of the molecule is CCc1csc2ncc(C(=O)N(CCO)C(C)C)c(=O)n12. The van der Waals surface area contributed by atoms with E-state index in [9.17, 15) is 9.59 Å². The average Bonchev–Trinajstić information content (AvgIpc) is 2.88. The van der Waals surface area contributed by atoms with Gasteiger partial charge in [-0.3, -0.25) is 14.0 Å². The summed E-state index contributed by atoms with van der Waals surface area (Å²) in [7, 11) is 0. The maximum absolute atomic E-state index is 12.6. The molecule has 1 N–H and O–H groups in total. The number of amides is 1. The molecule has 114 valence electrons. The van der Waals surface area contributed by atoms with Crippen molar-refractivity contribution in [2.45, 2.75) is 33.2 Å². The number of nitrogens with zero attached hydrogens (tertiary/aromatic N) is 3. The van der Waals surface area contributed by atoms with E-state index in [1.807, 2.05) is 26.2 Å². The summed E-state index contributed by atoms with van der Waals surface area (Å²) >= 11 is 1.39. The Morgan fingerprint density at radius 2 is 2.24 bits per heavy atom. The first-order valence-electron chi connectivity index (χ1n) is 6.91. The Labute approximate surface area is 126 Å². The Morgan fingerprint density at radius 3 is 2.81 bits per heavy atom. The molecule has 0 radical (unpaired) electrons. The van der Waals surface area contributed by atoms with Gasteiger partial charge in [0.05, 0.1) is 6.61 Å². The number of rotatable bonds is 5. The Hall–Kier alpha value is -1.73. The number of carbonyl (C=O) groups excluding carboxylic acids is 1. The summed E-state index contributed by atoms with van der Waals surface area (Å²) < 4.78 is 1.50. The Kier molecular flexibility index (Phi) is 4.74. The lowest BCUT2D eigenvalue weighted by molar-refractivity contribution is 0.0663. The predicted molar refractivity (Wildman–Crippen MR) is 82.0 cm³/mol. The molecule has 0 saturated carbocycles. The van der Waals surface area contributed by atoms with Crippen LogP contribution in [0.1, 0.15) is 36.8 Å². The highest BCUT2D eigenvalue weighted by atomic mass is 32.1. The molecular weight excluding hydrogens is 290 g/mol. The van der Waals surface area contributed by atoms with E-state index in [0.29, 0.717) is 11.4 Å². The Balaban J connectivity index is 2.53. The molecule has 0 bridgehead atoms. The molecule has 0 aliphatic rings. The van der Waals surface area contributed by atoms with Crippen LogP contribution < -0.4 is 5.56 Å². The fraction of sp³-hybridized carbons (Fsp3) is 0.500. The average molecular weight is 309 g/mol. The molecule has 0 aromatic carbocycles. The van der Waals surface area contributed by atoms with Gasteiger partial charge in [-0.05, 0) is 20.3 Å². The van der Waals surface area contributed by atoms with Crippen molar-refractivity contribution in [2.24, 2.45) is 0 Å². The van der Waals surface area contributed by atoms with Crippen molar-refractivity contribution in [3.63, 3.8) is 0 Å². The molecule has 1 amide bonds. The summed E-state index contributed by atoms with van der Waals surface area (Å²) in [6.07, 6.45) is 2.03. The summed E-state index contributed by atoms with van der Waals surface area (Å²) in [6, 6.07) is -0.0992. The standard InChI is InChI=1S/C14H19N3O3S/c1-4-10-8-21-14-15-7-11(13(20)17(10)14)12(19)16(5-6-18)9(2)3/h7-9,18H,4-6H2,1-3H3. The molecule has 7 heteroatoms. The van der Waals surface area contributed by atoms with E-state index < -0.39 is 0 Å². The van der Waals surface area contributed by atoms with Gasteiger partial charge >= 0.3 is 0 Å². The van der Waals surface area contributed by atoms with Gasteiger partial charge in [-0.2, -0.15) is 0 Å². The maximum atomic E-state index is 12.6. The molecule has 0 saturated heterocycles. The van der Waals surface area contributed by atoms with Crippen molar-refractivity contribution < 1.29 is 9.90 Å². The zero-order valence-corrected chi connectivity index (χ0v) is 13.2. The van der Waals surface area contributed by atoms with Crippen LogP contribution in [0.25, 0.3) is 4.96 Å². The topological polar surface area (TPSA) is 74.9 Å². The minimum Gasteiger partial charge on any atom is -0.395 e. The Bertz CT molecular complexity index is 705. The number of hydrogen-bond acceptors (Lipinski definition) is 5. The van der Waals surface area contributed by atoms with Gasteiger partial charge in [0.2, 0.25) is 0 Å². The van der Waals surface area contributed by atoms with Gasteiger partial charge in [0.25, 0.3) is 11.5 Å². The van der Waals surface area contributed by atoms with E-state index in [-0.39, 0.29) is 36.2 Å². The molecule has 0 fully saturated rings. The molecule has 2 aromatic rings. The van der Waals surface area contributed by atoms with Crippen molar-refractivity contribution in [3.05, 3.63) is 33.2 Å². The van der Waals surface area contributed by atoms with E-state index in [0.717, 1.165) is 5.69 Å². The molecular formula is C14H19N3O3S. The predicted octanol–water partition coefficient (Wildman–Crippen LogP) is 1.16. The monoisotopic (exact) mass is 309 g/mol. The number of carbonyl (C=O) groups is 1. The third-order valence-electron chi connectivity index (χ3n) is 3.33. The van der Waals surface area contributed by atoms with Crippen LogP contribution in [0.2, 0.25) is 0 Å². The molecule has 2 aromatic heterocycles. The molecule has 2 heterocycles. The number of thiazole rings is 1. The lowest BCUT2D eigenvalue weighted by Crippen LogP contribution is -2.41. The van der Waals surface area contributed by atoms with Crippen molar-refractivity contribution in [1.29, 1.82) is 0 Å². The van der Waals surface area contributed by atoms with Gasteiger partial charge in [-0.15, -0.1) is 11.3 Å². The first-order valence-corrected chi connectivity index (χ1v) is 7.79. The van der Waals surface area contributed by atoms with Crippen LogP contribution >= 0.6 is 11.3 Å². The quantitative estimate of drug-likeness (QED) is 0.899. The van der Waals surface area contributed by atoms with E-state index in [1.54, 1.807) is 0 Å². The lowest BCUT2D eigenvalue weighted by atomic mass is 10.2. The zero-order valence-electron chi connectivity index (χ0n) is 12.4. The summed E-state index contributed by atoms with van der Waals surface area (Å²) in [5.74, 6) is -0.390. The van der Waals surface area contributed by atoms with E-state index >= 15 is 0 Å². The third-order valence-corrected chi connectivity index (χ3v) is 4.22. The van der Waals surface area contributed by atoms with Gasteiger partial charge < -0.3 is 10.0 Å². The Morgan fingerprint density at radius 1 is 1.52 bits per heavy atom. The van der Waals surface area contributed by atoms with Crippen LogP contribution in [0.5, 0.6) is 0 Å². The second kappa shape index (κ2) is 6.36. The summed E-state index contributed by atoms with van der Waals surface area (Å²) in [5.41, 5.74) is 0.551. The van der Waals surface area contributed by atoms with E-state index in [1.165, 1.54) is 26.8 Å². The second-order valence-electron chi connectivity index (χ2n) is 4.99. The molecule has 6 nitrogen and oxygen atoms in total. The summed E-state index contributed by atoms with van der Waals surface area (Å²) in [6.45, 7) is 5.70. The zero-order chi connectivity index (χ0) is 15.6. The maximum Gasteiger partial charge on any atom is 0.271 e. The largest absolute Gasteiger partial charge is 0.395 e. The number of hydrogen-bond donors (Lipinski definition) is 1. The normalized spacial score (nSPS) is 11.3. The molecule has 2 rings (SSSR count). The van der Waals surface area contributed by atoms with Crippen LogP contribution in [-0.2, 0) is 6.42 Å². The minimum atomic E-state index is -0.390. The summed E-state index contributed by atoms with van der Waals surface area (Å²) in [4.78, 5) is 31.4. The van der Waals surface area contributed by atoms with E-state index in [2.05, 4.69) is 4.98 Å². The number of fused-ring (bicyclic) bond motifs is 1. The van der Waals surface area contributed by atoms with Crippen molar-refractivity contribution in [2.75, 3.05) is 13.2 Å². The van der Waals surface area contributed by atoms with Crippen LogP contribution in [0.4, 0.5) is 0 Å². The molecule has 0 aliphatic carbocycles. The molecule has 0 unspecified atom stereocenters. The smallest absolute Gasteiger partial charge is 0.271 e. The number of aliphatic hydroxyl groups excluding tert-OH is 1. The van der Waals surface area contributed by atoms with Crippen LogP contribution in [0.15, 0.2) is 16.4 Å². The molecule has 0 aliphatic heterocycles. The van der Waals surface area contributed by atoms with Crippen molar-refractivity contribution >= 4 is 22.2 Å². The van der Waals surface area contributed by atoms with Gasteiger partial charge in [0.1, 0.15) is 5.56 Å². The van der Waals surface area contributed by atoms with Gasteiger partial charge in [0, 0.05) is 29.9 Å². The van der Waals surface area contributed by atoms with Crippen LogP contribution in [-0.4, -0.2) is 44.5 Å². The fourth-order valence-corrected chi connectivity index (χ4v) is 3.13. The molecule has 0 spiro atoms. The number of aromatic nitrogens is 2. The number of aliphatic hydroxyl groups is 1. The highest BCUT2D eigenvalue weighted by Crippen LogP contribution is 2.13.